The van der Waals surface area contributed by atoms with Crippen LogP contribution in [0.3, 0.4) is 0 Å². The summed E-state index contributed by atoms with van der Waals surface area (Å²) in [5.74, 6) is -1.13. The highest BCUT2D eigenvalue weighted by molar-refractivity contribution is 7.91. The van der Waals surface area contributed by atoms with Crippen LogP contribution in [-0.4, -0.2) is 19.5 Å². The Morgan fingerprint density at radius 2 is 2.11 bits per heavy atom. The molecule has 8 heteroatoms. The molecule has 0 bridgehead atoms. The molecule has 19 heavy (non-hydrogen) atoms. The topological polar surface area (TPSA) is 83.5 Å². The fourth-order valence-corrected chi connectivity index (χ4v) is 4.66. The van der Waals surface area contributed by atoms with E-state index in [1.807, 2.05) is 17.5 Å². The smallest absolute Gasteiger partial charge is 0.345 e. The molecule has 0 saturated heterocycles. The van der Waals surface area contributed by atoms with Crippen LogP contribution in [0, 0.1) is 0 Å². The van der Waals surface area contributed by atoms with Gasteiger partial charge in [0.15, 0.2) is 0 Å². The molecule has 0 aliphatic carbocycles. The number of sulfonamides is 1. The highest BCUT2D eigenvalue weighted by Crippen LogP contribution is 2.25. The Hall–Kier alpha value is -1.22. The van der Waals surface area contributed by atoms with E-state index < -0.39 is 16.0 Å². The molecule has 2 aromatic heterocycles. The van der Waals surface area contributed by atoms with Crippen molar-refractivity contribution in [1.29, 1.82) is 0 Å². The molecule has 2 aromatic rings. The highest BCUT2D eigenvalue weighted by Gasteiger charge is 2.22. The summed E-state index contributed by atoms with van der Waals surface area (Å²) in [5.41, 5.74) is 0. The fourth-order valence-electron chi connectivity index (χ4n) is 1.47. The zero-order valence-corrected chi connectivity index (χ0v) is 12.3. The number of carboxylic acid groups (broad SMARTS) is 1. The largest absolute Gasteiger partial charge is 0.477 e. The Balaban J connectivity index is 2.20. The molecule has 0 aromatic carbocycles. The Kier molecular flexibility index (Phi) is 4.04. The average molecular weight is 317 g/mol. The fraction of sp³-hybridized carbons (Fsp3) is 0.182. The maximum absolute atomic E-state index is 12.1. The Morgan fingerprint density at radius 3 is 2.63 bits per heavy atom. The number of thiophene rings is 2. The first-order chi connectivity index (χ1) is 8.90. The summed E-state index contributed by atoms with van der Waals surface area (Å²) in [7, 11) is -3.69. The van der Waals surface area contributed by atoms with Crippen LogP contribution in [-0.2, 0) is 10.0 Å². The predicted octanol–water partition coefficient (Wildman–Crippen LogP) is 2.55. The molecule has 0 spiro atoms. The third-order valence-electron chi connectivity index (χ3n) is 2.36. The number of carbonyl (C=O) groups is 1. The van der Waals surface area contributed by atoms with Crippen LogP contribution >= 0.6 is 22.7 Å². The lowest BCUT2D eigenvalue weighted by Crippen LogP contribution is -2.25. The van der Waals surface area contributed by atoms with Gasteiger partial charge in [0.25, 0.3) is 10.0 Å². The monoisotopic (exact) mass is 317 g/mol. The number of hydrogen-bond acceptors (Lipinski definition) is 5. The zero-order valence-electron chi connectivity index (χ0n) is 9.86. The van der Waals surface area contributed by atoms with Crippen LogP contribution in [0.15, 0.2) is 33.9 Å². The Morgan fingerprint density at radius 1 is 1.37 bits per heavy atom. The predicted molar refractivity (Wildman–Crippen MR) is 74.3 cm³/mol. The summed E-state index contributed by atoms with van der Waals surface area (Å²) >= 11 is 2.20. The molecule has 0 saturated carbocycles. The van der Waals surface area contributed by atoms with Crippen molar-refractivity contribution in [1.82, 2.24) is 4.72 Å². The number of aromatic carboxylic acids is 1. The minimum absolute atomic E-state index is 0.00384. The van der Waals surface area contributed by atoms with Crippen LogP contribution < -0.4 is 4.72 Å². The van der Waals surface area contributed by atoms with Gasteiger partial charge in [-0.15, -0.1) is 22.7 Å². The Labute approximate surface area is 118 Å². The van der Waals surface area contributed by atoms with Gasteiger partial charge in [0.05, 0.1) is 6.04 Å². The second-order valence-electron chi connectivity index (χ2n) is 3.78. The maximum Gasteiger partial charge on any atom is 0.345 e. The van der Waals surface area contributed by atoms with Crippen molar-refractivity contribution in [3.8, 4) is 0 Å². The molecule has 1 atom stereocenters. The number of carboxylic acids is 1. The van der Waals surface area contributed by atoms with E-state index in [1.54, 1.807) is 6.92 Å². The van der Waals surface area contributed by atoms with Crippen molar-refractivity contribution >= 4 is 38.7 Å². The minimum Gasteiger partial charge on any atom is -0.477 e. The summed E-state index contributed by atoms with van der Waals surface area (Å²) in [6, 6.07) is 5.93. The van der Waals surface area contributed by atoms with E-state index in [2.05, 4.69) is 4.72 Å². The van der Waals surface area contributed by atoms with E-state index in [9.17, 15) is 13.2 Å². The summed E-state index contributed by atoms with van der Waals surface area (Å²) in [6.07, 6.45) is 0. The number of hydrogen-bond donors (Lipinski definition) is 2. The molecule has 0 radical (unpaired) electrons. The zero-order chi connectivity index (χ0) is 14.0. The summed E-state index contributed by atoms with van der Waals surface area (Å²) in [5, 5.41) is 10.7. The Bertz CT molecular complexity index is 673. The molecular formula is C11H11NO4S3. The molecule has 5 nitrogen and oxygen atoms in total. The van der Waals surface area contributed by atoms with Gasteiger partial charge in [0.1, 0.15) is 9.09 Å². The maximum atomic E-state index is 12.1. The first kappa shape index (κ1) is 14.2. The molecule has 0 unspecified atom stereocenters. The van der Waals surface area contributed by atoms with E-state index in [1.165, 1.54) is 23.5 Å². The van der Waals surface area contributed by atoms with E-state index in [0.717, 1.165) is 16.2 Å². The average Bonchev–Trinajstić information content (AvgIpc) is 3.00. The van der Waals surface area contributed by atoms with E-state index in [4.69, 9.17) is 5.11 Å². The first-order valence-electron chi connectivity index (χ1n) is 5.29. The quantitative estimate of drug-likeness (QED) is 0.887. The molecule has 0 aliphatic rings. The third kappa shape index (κ3) is 3.21. The van der Waals surface area contributed by atoms with Gasteiger partial charge in [0, 0.05) is 4.88 Å². The van der Waals surface area contributed by atoms with Gasteiger partial charge >= 0.3 is 5.97 Å². The van der Waals surface area contributed by atoms with Crippen LogP contribution in [0.2, 0.25) is 0 Å². The minimum atomic E-state index is -3.69. The lowest BCUT2D eigenvalue weighted by molar-refractivity contribution is 0.0702. The SMILES string of the molecule is C[C@H](NS(=O)(=O)c1ccc(C(=O)O)s1)c1cccs1. The van der Waals surface area contributed by atoms with Crippen LogP contribution in [0.1, 0.15) is 27.5 Å². The molecule has 2 rings (SSSR count). The van der Waals surface area contributed by atoms with Crippen LogP contribution in [0.4, 0.5) is 0 Å². The van der Waals surface area contributed by atoms with Gasteiger partial charge < -0.3 is 5.11 Å². The van der Waals surface area contributed by atoms with Crippen LogP contribution in [0.25, 0.3) is 0 Å². The molecule has 102 valence electrons. The van der Waals surface area contributed by atoms with Crippen molar-refractivity contribution in [2.24, 2.45) is 0 Å². The number of rotatable bonds is 5. The second kappa shape index (κ2) is 5.41. The third-order valence-corrected chi connectivity index (χ3v) is 6.52. The highest BCUT2D eigenvalue weighted by atomic mass is 32.2. The lowest BCUT2D eigenvalue weighted by atomic mass is 10.3. The van der Waals surface area contributed by atoms with Crippen molar-refractivity contribution in [2.45, 2.75) is 17.2 Å². The molecule has 0 amide bonds. The lowest BCUT2D eigenvalue weighted by Gasteiger charge is -2.11. The van der Waals surface area contributed by atoms with Crippen molar-refractivity contribution < 1.29 is 18.3 Å². The normalized spacial score (nSPS) is 13.3. The summed E-state index contributed by atoms with van der Waals surface area (Å²) in [4.78, 5) is 11.7. The van der Waals surface area contributed by atoms with Gasteiger partial charge in [-0.1, -0.05) is 6.07 Å². The van der Waals surface area contributed by atoms with Crippen molar-refractivity contribution in [2.75, 3.05) is 0 Å². The standard InChI is InChI=1S/C11H11NO4S3/c1-7(8-3-2-6-17-8)12-19(15,16)10-5-4-9(18-10)11(13)14/h2-7,12H,1H3,(H,13,14)/t7-/m0/s1. The summed E-state index contributed by atoms with van der Waals surface area (Å²) in [6.45, 7) is 1.75. The summed E-state index contributed by atoms with van der Waals surface area (Å²) < 4.78 is 26.7. The molecule has 0 fully saturated rings. The van der Waals surface area contributed by atoms with Gasteiger partial charge in [0.2, 0.25) is 0 Å². The van der Waals surface area contributed by atoms with Crippen molar-refractivity contribution in [3.63, 3.8) is 0 Å². The molecular weight excluding hydrogens is 306 g/mol. The van der Waals surface area contributed by atoms with E-state index in [0.29, 0.717) is 0 Å². The van der Waals surface area contributed by atoms with E-state index in [-0.39, 0.29) is 15.1 Å². The second-order valence-corrected chi connectivity index (χ2v) is 7.79. The van der Waals surface area contributed by atoms with Gasteiger partial charge in [-0.05, 0) is 30.5 Å². The van der Waals surface area contributed by atoms with Gasteiger partial charge in [-0.2, -0.15) is 0 Å². The molecule has 2 N–H and O–H groups in total. The first-order valence-corrected chi connectivity index (χ1v) is 8.47. The van der Waals surface area contributed by atoms with Gasteiger partial charge in [-0.25, -0.2) is 17.9 Å². The van der Waals surface area contributed by atoms with Crippen molar-refractivity contribution in [3.05, 3.63) is 39.4 Å². The molecule has 2 heterocycles. The van der Waals surface area contributed by atoms with E-state index >= 15 is 0 Å². The van der Waals surface area contributed by atoms with Gasteiger partial charge in [-0.3, -0.25) is 0 Å². The van der Waals surface area contributed by atoms with Crippen LogP contribution in [0.5, 0.6) is 0 Å². The number of nitrogens with one attached hydrogen (secondary N) is 1. The molecule has 0 aliphatic heterocycles.